The van der Waals surface area contributed by atoms with Crippen LogP contribution in [0, 0.1) is 5.82 Å². The van der Waals surface area contributed by atoms with Crippen molar-refractivity contribution >= 4 is 21.6 Å². The minimum absolute atomic E-state index is 0.00958. The lowest BCUT2D eigenvalue weighted by atomic mass is 10.0. The smallest absolute Gasteiger partial charge is 0.141 e. The minimum atomic E-state index is -0.329. The number of halogens is 1. The van der Waals surface area contributed by atoms with Crippen LogP contribution in [0.1, 0.15) is 110 Å². The molecule has 0 radical (unpaired) electrons. The summed E-state index contributed by atoms with van der Waals surface area (Å²) in [5.74, 6) is 0.720. The van der Waals surface area contributed by atoms with Crippen LogP contribution < -0.4 is 0 Å². The summed E-state index contributed by atoms with van der Waals surface area (Å²) in [5.41, 5.74) is 0. The summed E-state index contributed by atoms with van der Waals surface area (Å²) in [7, 11) is 3.18. The van der Waals surface area contributed by atoms with Crippen molar-refractivity contribution in [1.29, 1.82) is 0 Å². The number of benzene rings is 1. The van der Waals surface area contributed by atoms with Crippen molar-refractivity contribution in [3.8, 4) is 5.75 Å². The summed E-state index contributed by atoms with van der Waals surface area (Å²) in [6.45, 7) is 2.28. The van der Waals surface area contributed by atoms with E-state index in [1.165, 1.54) is 120 Å². The minimum Gasteiger partial charge on any atom is -0.508 e. The van der Waals surface area contributed by atoms with Gasteiger partial charge in [0.2, 0.25) is 0 Å². The number of unbranched alkanes of at least 4 members (excludes halogenated alkanes) is 15. The Morgan fingerprint density at radius 3 is 1.64 bits per heavy atom. The maximum absolute atomic E-state index is 13.6. The lowest BCUT2D eigenvalue weighted by molar-refractivity contribution is 0.466. The van der Waals surface area contributed by atoms with E-state index in [0.717, 1.165) is 5.75 Å². The molecular weight excluding hydrogens is 387 g/mol. The zero-order chi connectivity index (χ0) is 20.3. The predicted octanol–water partition coefficient (Wildman–Crippen LogP) is 9.53. The molecular formula is C24H41FOS2. The average molecular weight is 429 g/mol. The van der Waals surface area contributed by atoms with Crippen molar-refractivity contribution in [2.75, 3.05) is 5.75 Å². The van der Waals surface area contributed by atoms with Crippen LogP contribution in [0.25, 0.3) is 0 Å². The van der Waals surface area contributed by atoms with Gasteiger partial charge in [-0.3, -0.25) is 0 Å². The molecule has 4 heteroatoms. The molecule has 0 aliphatic carbocycles. The van der Waals surface area contributed by atoms with Gasteiger partial charge in [-0.15, -0.1) is 0 Å². The first kappa shape index (κ1) is 25.7. The Morgan fingerprint density at radius 1 is 0.714 bits per heavy atom. The maximum atomic E-state index is 13.6. The van der Waals surface area contributed by atoms with E-state index in [2.05, 4.69) is 6.92 Å². The molecule has 0 saturated heterocycles. The Bertz CT molecular complexity index is 482. The van der Waals surface area contributed by atoms with Crippen molar-refractivity contribution in [1.82, 2.24) is 0 Å². The summed E-state index contributed by atoms with van der Waals surface area (Å²) >= 11 is 0. The van der Waals surface area contributed by atoms with Gasteiger partial charge in [0.25, 0.3) is 0 Å². The van der Waals surface area contributed by atoms with Crippen LogP contribution in [0.5, 0.6) is 5.75 Å². The average Bonchev–Trinajstić information content (AvgIpc) is 2.68. The number of hydrogen-bond acceptors (Lipinski definition) is 3. The molecule has 0 fully saturated rings. The zero-order valence-corrected chi connectivity index (χ0v) is 19.5. The van der Waals surface area contributed by atoms with Crippen LogP contribution in [0.15, 0.2) is 23.1 Å². The Balaban J connectivity index is 1.76. The molecule has 0 aromatic heterocycles. The van der Waals surface area contributed by atoms with Gasteiger partial charge in [-0.1, -0.05) is 125 Å². The molecule has 0 bridgehead atoms. The molecule has 0 heterocycles. The standard InChI is InChI=1S/C24H41FOS2/c1-2-3-4-5-6-7-8-9-10-11-12-13-14-15-16-17-20-27-28-24-19-18-22(26)21-23(24)25/h18-19,21,26H,2-17,20H2,1H3. The van der Waals surface area contributed by atoms with Crippen LogP contribution >= 0.6 is 21.6 Å². The third-order valence-electron chi connectivity index (χ3n) is 5.15. The largest absolute Gasteiger partial charge is 0.508 e. The summed E-state index contributed by atoms with van der Waals surface area (Å²) in [6, 6.07) is 4.37. The van der Waals surface area contributed by atoms with Crippen molar-refractivity contribution in [2.24, 2.45) is 0 Å². The number of rotatable bonds is 19. The number of phenols is 1. The van der Waals surface area contributed by atoms with E-state index >= 15 is 0 Å². The molecule has 0 saturated carbocycles. The van der Waals surface area contributed by atoms with E-state index in [-0.39, 0.29) is 11.6 Å². The first-order valence-electron chi connectivity index (χ1n) is 11.5. The molecule has 162 valence electrons. The highest BCUT2D eigenvalue weighted by Crippen LogP contribution is 2.34. The van der Waals surface area contributed by atoms with Gasteiger partial charge in [0, 0.05) is 11.8 Å². The molecule has 1 aromatic carbocycles. The van der Waals surface area contributed by atoms with Gasteiger partial charge in [0.05, 0.1) is 4.90 Å². The first-order valence-corrected chi connectivity index (χ1v) is 13.8. The summed E-state index contributed by atoms with van der Waals surface area (Å²) in [4.78, 5) is 0.610. The SMILES string of the molecule is CCCCCCCCCCCCCCCCCCSSc1ccc(O)cc1F. The Labute approximate surface area is 181 Å². The molecule has 1 nitrogen and oxygen atoms in total. The van der Waals surface area contributed by atoms with E-state index in [4.69, 9.17) is 0 Å². The van der Waals surface area contributed by atoms with Gasteiger partial charge in [0.15, 0.2) is 0 Å². The lowest BCUT2D eigenvalue weighted by Gasteiger charge is -2.04. The molecule has 0 aliphatic rings. The summed E-state index contributed by atoms with van der Waals surface area (Å²) in [5, 5.41) is 9.21. The summed E-state index contributed by atoms with van der Waals surface area (Å²) < 4.78 is 13.6. The highest BCUT2D eigenvalue weighted by molar-refractivity contribution is 8.76. The predicted molar refractivity (Wildman–Crippen MR) is 126 cm³/mol. The van der Waals surface area contributed by atoms with Gasteiger partial charge >= 0.3 is 0 Å². The lowest BCUT2D eigenvalue weighted by Crippen LogP contribution is -1.84. The summed E-state index contributed by atoms with van der Waals surface area (Å²) in [6.07, 6.45) is 22.2. The van der Waals surface area contributed by atoms with E-state index in [0.29, 0.717) is 4.90 Å². The molecule has 0 atom stereocenters. The van der Waals surface area contributed by atoms with Crippen LogP contribution in [0.4, 0.5) is 4.39 Å². The second-order valence-electron chi connectivity index (χ2n) is 7.82. The zero-order valence-electron chi connectivity index (χ0n) is 17.9. The van der Waals surface area contributed by atoms with Gasteiger partial charge in [-0.05, 0) is 18.6 Å². The number of hydrogen-bond donors (Lipinski definition) is 1. The van der Waals surface area contributed by atoms with Crippen LogP contribution in [0.3, 0.4) is 0 Å². The fourth-order valence-electron chi connectivity index (χ4n) is 3.37. The number of aromatic hydroxyl groups is 1. The van der Waals surface area contributed by atoms with Gasteiger partial charge in [-0.2, -0.15) is 0 Å². The van der Waals surface area contributed by atoms with E-state index in [1.807, 2.05) is 0 Å². The second kappa shape index (κ2) is 18.7. The molecule has 1 aromatic rings. The Morgan fingerprint density at radius 2 is 1.18 bits per heavy atom. The Hall–Kier alpha value is -0.350. The molecule has 0 unspecified atom stereocenters. The molecule has 0 spiro atoms. The monoisotopic (exact) mass is 428 g/mol. The first-order chi connectivity index (χ1) is 13.7. The van der Waals surface area contributed by atoms with Gasteiger partial charge in [-0.25, -0.2) is 4.39 Å². The van der Waals surface area contributed by atoms with Crippen molar-refractivity contribution in [3.05, 3.63) is 24.0 Å². The van der Waals surface area contributed by atoms with Gasteiger partial charge < -0.3 is 5.11 Å². The van der Waals surface area contributed by atoms with Crippen LogP contribution in [-0.4, -0.2) is 10.9 Å². The maximum Gasteiger partial charge on any atom is 0.141 e. The van der Waals surface area contributed by atoms with Crippen molar-refractivity contribution < 1.29 is 9.50 Å². The van der Waals surface area contributed by atoms with Crippen LogP contribution in [0.2, 0.25) is 0 Å². The molecule has 0 amide bonds. The van der Waals surface area contributed by atoms with Gasteiger partial charge in [0.1, 0.15) is 11.6 Å². The van der Waals surface area contributed by atoms with E-state index in [1.54, 1.807) is 22.9 Å². The topological polar surface area (TPSA) is 20.2 Å². The molecule has 1 N–H and O–H groups in total. The quantitative estimate of drug-likeness (QED) is 0.175. The molecule has 28 heavy (non-hydrogen) atoms. The van der Waals surface area contributed by atoms with Crippen molar-refractivity contribution in [3.63, 3.8) is 0 Å². The van der Waals surface area contributed by atoms with Crippen LogP contribution in [-0.2, 0) is 0 Å². The second-order valence-corrected chi connectivity index (χ2v) is 10.3. The van der Waals surface area contributed by atoms with Crippen molar-refractivity contribution in [2.45, 2.75) is 115 Å². The molecule has 0 aliphatic heterocycles. The van der Waals surface area contributed by atoms with E-state index in [9.17, 15) is 9.50 Å². The number of phenolic OH excluding ortho intramolecular Hbond substituents is 1. The fourth-order valence-corrected chi connectivity index (χ4v) is 5.56. The third-order valence-corrected chi connectivity index (χ3v) is 7.62. The Kier molecular flexibility index (Phi) is 17.1. The molecule has 1 rings (SSSR count). The fraction of sp³-hybridized carbons (Fsp3) is 0.750. The highest BCUT2D eigenvalue weighted by atomic mass is 33.1. The highest BCUT2D eigenvalue weighted by Gasteiger charge is 2.04. The third kappa shape index (κ3) is 14.6. The normalized spacial score (nSPS) is 11.2. The van der Waals surface area contributed by atoms with E-state index < -0.39 is 0 Å².